The quantitative estimate of drug-likeness (QED) is 0.149. The molecular formula is C35H28O7. The first-order chi connectivity index (χ1) is 20.6. The predicted octanol–water partition coefficient (Wildman–Crippen LogP) is 6.31. The lowest BCUT2D eigenvalue weighted by Gasteiger charge is -2.27. The zero-order chi connectivity index (χ0) is 28.6. The van der Waals surface area contributed by atoms with Crippen LogP contribution < -0.4 is 23.7 Å². The number of ether oxygens (including phenoxy) is 5. The number of Topliss-reactive ketones (excluding diaryl/α,β-unsaturated/α-hetero) is 1. The van der Waals surface area contributed by atoms with Gasteiger partial charge in [0.25, 0.3) is 0 Å². The molecule has 0 unspecified atom stereocenters. The summed E-state index contributed by atoms with van der Waals surface area (Å²) in [5.74, 6) is 2.42. The molecule has 0 aromatic heterocycles. The van der Waals surface area contributed by atoms with Gasteiger partial charge in [0.1, 0.15) is 28.7 Å². The van der Waals surface area contributed by atoms with Crippen molar-refractivity contribution in [3.8, 4) is 28.7 Å². The molecular weight excluding hydrogens is 532 g/mol. The molecule has 0 spiro atoms. The summed E-state index contributed by atoms with van der Waals surface area (Å²) in [6.45, 7) is 1.20. The van der Waals surface area contributed by atoms with E-state index < -0.39 is 5.92 Å². The minimum Gasteiger partial charge on any atom is -0.497 e. The Hall–Kier alpha value is -5.04. The van der Waals surface area contributed by atoms with E-state index in [4.69, 9.17) is 23.7 Å². The predicted molar refractivity (Wildman–Crippen MR) is 156 cm³/mol. The van der Waals surface area contributed by atoms with Crippen LogP contribution in [0.2, 0.25) is 0 Å². The second kappa shape index (κ2) is 10.7. The molecule has 1 atom stereocenters. The first-order valence-electron chi connectivity index (χ1n) is 14.0. The van der Waals surface area contributed by atoms with Gasteiger partial charge in [-0.1, -0.05) is 42.5 Å². The monoisotopic (exact) mass is 560 g/mol. The number of carbonyl (C=O) groups excluding carboxylic acids is 2. The Morgan fingerprint density at radius 3 is 2.62 bits per heavy atom. The molecule has 4 aromatic rings. The fourth-order valence-electron chi connectivity index (χ4n) is 5.80. The summed E-state index contributed by atoms with van der Waals surface area (Å²) < 4.78 is 29.0. The molecule has 0 fully saturated rings. The molecule has 42 heavy (non-hydrogen) atoms. The van der Waals surface area contributed by atoms with Gasteiger partial charge in [-0.05, 0) is 59.2 Å². The minimum atomic E-state index is -0.405. The van der Waals surface area contributed by atoms with Gasteiger partial charge in [-0.3, -0.25) is 9.59 Å². The third-order valence-corrected chi connectivity index (χ3v) is 7.89. The Kier molecular flexibility index (Phi) is 6.62. The maximum atomic E-state index is 13.4. The number of carbonyl (C=O) groups is 2. The summed E-state index contributed by atoms with van der Waals surface area (Å²) >= 11 is 0. The van der Waals surface area contributed by atoms with Gasteiger partial charge in [-0.2, -0.15) is 0 Å². The van der Waals surface area contributed by atoms with Gasteiger partial charge in [0.15, 0.2) is 5.76 Å². The molecule has 0 radical (unpaired) electrons. The van der Waals surface area contributed by atoms with E-state index in [2.05, 4.69) is 12.1 Å². The van der Waals surface area contributed by atoms with Crippen LogP contribution >= 0.6 is 0 Å². The summed E-state index contributed by atoms with van der Waals surface area (Å²) in [6, 6.07) is 24.7. The normalized spacial score (nSPS) is 17.5. The number of benzene rings is 4. The Morgan fingerprint density at radius 1 is 0.929 bits per heavy atom. The molecule has 0 saturated carbocycles. The van der Waals surface area contributed by atoms with Crippen LogP contribution in [0, 0.1) is 0 Å². The Balaban J connectivity index is 1.18. The highest BCUT2D eigenvalue weighted by atomic mass is 16.5. The number of methoxy groups -OCH3 is 1. The molecule has 0 amide bonds. The Labute approximate surface area is 243 Å². The zero-order valence-corrected chi connectivity index (χ0v) is 23.1. The van der Waals surface area contributed by atoms with E-state index in [-0.39, 0.29) is 23.9 Å². The maximum absolute atomic E-state index is 13.4. The third kappa shape index (κ3) is 4.77. The third-order valence-electron chi connectivity index (χ3n) is 7.89. The molecule has 210 valence electrons. The lowest BCUT2D eigenvalue weighted by molar-refractivity contribution is -0.135. The molecule has 0 saturated heterocycles. The molecule has 7 rings (SSSR count). The molecule has 0 bridgehead atoms. The van der Waals surface area contributed by atoms with Gasteiger partial charge in [0.2, 0.25) is 5.78 Å². The summed E-state index contributed by atoms with van der Waals surface area (Å²) in [5, 5.41) is 0. The fourth-order valence-corrected chi connectivity index (χ4v) is 5.80. The molecule has 3 heterocycles. The van der Waals surface area contributed by atoms with Crippen LogP contribution in [0.3, 0.4) is 0 Å². The minimum absolute atomic E-state index is 0.101. The Bertz CT molecular complexity index is 1740. The van der Waals surface area contributed by atoms with Gasteiger partial charge >= 0.3 is 5.97 Å². The number of hydrogen-bond acceptors (Lipinski definition) is 7. The van der Waals surface area contributed by atoms with E-state index in [0.29, 0.717) is 35.0 Å². The van der Waals surface area contributed by atoms with Crippen molar-refractivity contribution in [1.29, 1.82) is 0 Å². The fraction of sp³-hybridized carbons (Fsp3) is 0.200. The molecule has 4 aromatic carbocycles. The standard InChI is InChI=1S/C35H28O7/c1-38-24-9-6-21(7-10-24)19-31-34(37)26-11-13-30-33(35(26)42-31)27(20-32(36)41-30)25-4-2-3-5-29(25)40-16-14-22-8-12-28-23(18-22)15-17-39-28/h2-13,18-19,27H,14-17,20H2,1H3/b31-19-/t27-/m1/s1. The van der Waals surface area contributed by atoms with E-state index >= 15 is 0 Å². The Morgan fingerprint density at radius 2 is 1.76 bits per heavy atom. The van der Waals surface area contributed by atoms with Gasteiger partial charge < -0.3 is 23.7 Å². The highest BCUT2D eigenvalue weighted by Gasteiger charge is 2.39. The van der Waals surface area contributed by atoms with Crippen LogP contribution in [0.1, 0.15) is 50.5 Å². The van der Waals surface area contributed by atoms with Crippen LogP contribution in [-0.4, -0.2) is 32.1 Å². The van der Waals surface area contributed by atoms with Crippen LogP contribution in [0.15, 0.2) is 84.6 Å². The van der Waals surface area contributed by atoms with E-state index in [9.17, 15) is 9.59 Å². The lowest BCUT2D eigenvalue weighted by atomic mass is 9.84. The zero-order valence-electron chi connectivity index (χ0n) is 23.1. The molecule has 3 aliphatic rings. The van der Waals surface area contributed by atoms with E-state index in [1.807, 2.05) is 54.6 Å². The largest absolute Gasteiger partial charge is 0.497 e. The van der Waals surface area contributed by atoms with Crippen molar-refractivity contribution in [2.75, 3.05) is 20.3 Å². The number of hydrogen-bond donors (Lipinski definition) is 0. The highest BCUT2D eigenvalue weighted by Crippen LogP contribution is 2.50. The average molecular weight is 561 g/mol. The van der Waals surface area contributed by atoms with Crippen molar-refractivity contribution in [2.24, 2.45) is 0 Å². The lowest BCUT2D eigenvalue weighted by Crippen LogP contribution is -2.22. The van der Waals surface area contributed by atoms with Crippen molar-refractivity contribution in [3.63, 3.8) is 0 Å². The van der Waals surface area contributed by atoms with Crippen molar-refractivity contribution < 1.29 is 33.3 Å². The van der Waals surface area contributed by atoms with Crippen molar-refractivity contribution >= 4 is 17.8 Å². The maximum Gasteiger partial charge on any atom is 0.312 e. The second-order valence-corrected chi connectivity index (χ2v) is 10.5. The van der Waals surface area contributed by atoms with E-state index in [1.54, 1.807) is 25.3 Å². The van der Waals surface area contributed by atoms with Gasteiger partial charge in [0.05, 0.1) is 32.3 Å². The van der Waals surface area contributed by atoms with Crippen LogP contribution in [0.4, 0.5) is 0 Å². The summed E-state index contributed by atoms with van der Waals surface area (Å²) in [7, 11) is 1.60. The van der Waals surface area contributed by atoms with Crippen LogP contribution in [-0.2, 0) is 17.6 Å². The summed E-state index contributed by atoms with van der Waals surface area (Å²) in [4.78, 5) is 26.1. The van der Waals surface area contributed by atoms with Gasteiger partial charge in [-0.15, -0.1) is 0 Å². The number of ketones is 1. The average Bonchev–Trinajstić information content (AvgIpc) is 3.61. The van der Waals surface area contributed by atoms with Gasteiger partial charge in [-0.25, -0.2) is 0 Å². The topological polar surface area (TPSA) is 80.3 Å². The summed E-state index contributed by atoms with van der Waals surface area (Å²) in [5.41, 5.74) is 5.18. The molecule has 3 aliphatic heterocycles. The van der Waals surface area contributed by atoms with Crippen molar-refractivity contribution in [3.05, 3.63) is 118 Å². The first-order valence-corrected chi connectivity index (χ1v) is 14.0. The van der Waals surface area contributed by atoms with Gasteiger partial charge in [0, 0.05) is 29.9 Å². The summed E-state index contributed by atoms with van der Waals surface area (Å²) in [6.07, 6.45) is 3.47. The van der Waals surface area contributed by atoms with Crippen LogP contribution in [0.5, 0.6) is 28.7 Å². The molecule has 7 heteroatoms. The second-order valence-electron chi connectivity index (χ2n) is 10.5. The molecule has 0 aliphatic carbocycles. The molecule has 0 N–H and O–H groups in total. The number of allylic oxidation sites excluding steroid dienone is 1. The van der Waals surface area contributed by atoms with Crippen LogP contribution in [0.25, 0.3) is 6.08 Å². The van der Waals surface area contributed by atoms with E-state index in [0.717, 1.165) is 42.1 Å². The number of rotatable bonds is 7. The van der Waals surface area contributed by atoms with E-state index in [1.165, 1.54) is 11.1 Å². The highest BCUT2D eigenvalue weighted by molar-refractivity contribution is 6.15. The first kappa shape index (κ1) is 25.9. The smallest absolute Gasteiger partial charge is 0.312 e. The molecule has 7 nitrogen and oxygen atoms in total. The number of esters is 1. The van der Waals surface area contributed by atoms with Crippen molar-refractivity contribution in [1.82, 2.24) is 0 Å². The SMILES string of the molecule is COc1ccc(/C=C2\Oc3c(ccc4c3[C@@H](c3ccccc3OCCc3ccc5c(c3)CCO5)CC(=O)O4)C2=O)cc1. The van der Waals surface area contributed by atoms with Crippen molar-refractivity contribution in [2.45, 2.75) is 25.2 Å². The number of fused-ring (bicyclic) bond motifs is 4. The number of para-hydroxylation sites is 1.